The Bertz CT molecular complexity index is 2030. The third kappa shape index (κ3) is 2.37. The fourth-order valence-electron chi connectivity index (χ4n) is 7.18. The lowest BCUT2D eigenvalue weighted by Crippen LogP contribution is -2.25. The average Bonchev–Trinajstić information content (AvgIpc) is 3.60. The second-order valence-electron chi connectivity index (χ2n) is 10.5. The van der Waals surface area contributed by atoms with E-state index >= 15 is 0 Å². The minimum absolute atomic E-state index is 0.318. The highest BCUT2D eigenvalue weighted by atomic mass is 16.3. The molecule has 0 aliphatic heterocycles. The molecule has 0 bridgehead atoms. The van der Waals surface area contributed by atoms with E-state index in [0.29, 0.717) is 0 Å². The summed E-state index contributed by atoms with van der Waals surface area (Å²) in [6, 6.07) is 48.9. The number of furan rings is 1. The smallest absolute Gasteiger partial charge is 0.135 e. The van der Waals surface area contributed by atoms with Gasteiger partial charge in [-0.25, -0.2) is 0 Å². The topological polar surface area (TPSA) is 13.1 Å². The highest BCUT2D eigenvalue weighted by Gasteiger charge is 2.51. The number of hydrogen-bond acceptors (Lipinski definition) is 1. The predicted octanol–water partition coefficient (Wildman–Crippen LogP) is 9.60. The molecule has 1 aromatic heterocycles. The van der Waals surface area contributed by atoms with E-state index in [1.807, 2.05) is 12.1 Å². The van der Waals surface area contributed by atoms with Crippen LogP contribution in [0.1, 0.15) is 22.3 Å². The van der Waals surface area contributed by atoms with Crippen LogP contribution >= 0.6 is 0 Å². The molecule has 0 amide bonds. The number of hydrogen-bond donors (Lipinski definition) is 0. The van der Waals surface area contributed by atoms with Crippen molar-refractivity contribution >= 4 is 21.9 Å². The molecule has 1 spiro atoms. The molecular weight excluding hydrogens is 460 g/mol. The predicted molar refractivity (Wildman–Crippen MR) is 155 cm³/mol. The van der Waals surface area contributed by atoms with E-state index in [-0.39, 0.29) is 5.41 Å². The zero-order valence-electron chi connectivity index (χ0n) is 20.6. The van der Waals surface area contributed by atoms with Gasteiger partial charge < -0.3 is 4.42 Å². The first-order valence-corrected chi connectivity index (χ1v) is 13.2. The molecule has 2 aliphatic rings. The van der Waals surface area contributed by atoms with Crippen molar-refractivity contribution in [1.29, 1.82) is 0 Å². The lowest BCUT2D eigenvalue weighted by atomic mass is 9.70. The van der Waals surface area contributed by atoms with Gasteiger partial charge in [0.15, 0.2) is 0 Å². The van der Waals surface area contributed by atoms with Crippen LogP contribution < -0.4 is 0 Å². The van der Waals surface area contributed by atoms with E-state index in [2.05, 4.69) is 121 Å². The first-order valence-electron chi connectivity index (χ1n) is 13.2. The molecule has 0 fully saturated rings. The van der Waals surface area contributed by atoms with Crippen molar-refractivity contribution in [3.8, 4) is 33.4 Å². The zero-order chi connectivity index (χ0) is 24.8. The van der Waals surface area contributed by atoms with Gasteiger partial charge in [-0.3, -0.25) is 0 Å². The van der Waals surface area contributed by atoms with Gasteiger partial charge >= 0.3 is 0 Å². The van der Waals surface area contributed by atoms with Crippen molar-refractivity contribution in [3.05, 3.63) is 156 Å². The van der Waals surface area contributed by atoms with Crippen LogP contribution in [-0.2, 0) is 5.41 Å². The van der Waals surface area contributed by atoms with Gasteiger partial charge in [0.2, 0.25) is 0 Å². The second-order valence-corrected chi connectivity index (χ2v) is 10.5. The molecule has 0 saturated carbocycles. The molecule has 0 unspecified atom stereocenters. The summed E-state index contributed by atoms with van der Waals surface area (Å²) in [5.74, 6) is 0. The minimum Gasteiger partial charge on any atom is -0.456 e. The first kappa shape index (κ1) is 20.2. The molecule has 2 aliphatic carbocycles. The average molecular weight is 483 g/mol. The van der Waals surface area contributed by atoms with Crippen LogP contribution in [0.15, 0.2) is 138 Å². The molecule has 1 heterocycles. The Morgan fingerprint density at radius 1 is 0.368 bits per heavy atom. The summed E-state index contributed by atoms with van der Waals surface area (Å²) in [5.41, 5.74) is 14.8. The summed E-state index contributed by atoms with van der Waals surface area (Å²) in [6.07, 6.45) is 0. The quantitative estimate of drug-likeness (QED) is 0.227. The van der Waals surface area contributed by atoms with Crippen LogP contribution in [0.25, 0.3) is 55.3 Å². The SMILES string of the molecule is c1ccc2c(c1)-c1ccccc1C21c2ccccc2-c2ccc(-c3ccc4oc5ccccc5c4c3)cc21. The van der Waals surface area contributed by atoms with Gasteiger partial charge in [0.25, 0.3) is 0 Å². The highest BCUT2D eigenvalue weighted by Crippen LogP contribution is 2.62. The molecule has 176 valence electrons. The van der Waals surface area contributed by atoms with E-state index in [9.17, 15) is 0 Å². The van der Waals surface area contributed by atoms with E-state index in [0.717, 1.165) is 21.9 Å². The van der Waals surface area contributed by atoms with Crippen LogP contribution in [0, 0.1) is 0 Å². The van der Waals surface area contributed by atoms with E-state index in [1.54, 1.807) is 0 Å². The van der Waals surface area contributed by atoms with Crippen molar-refractivity contribution in [2.75, 3.05) is 0 Å². The van der Waals surface area contributed by atoms with Gasteiger partial charge in [0.1, 0.15) is 11.2 Å². The molecule has 1 heteroatoms. The second kappa shape index (κ2) is 7.12. The maximum absolute atomic E-state index is 6.11. The maximum Gasteiger partial charge on any atom is 0.135 e. The summed E-state index contributed by atoms with van der Waals surface area (Å²) in [5, 5.41) is 2.32. The number of benzene rings is 6. The van der Waals surface area contributed by atoms with Gasteiger partial charge in [-0.2, -0.15) is 0 Å². The van der Waals surface area contributed by atoms with Gasteiger partial charge in [-0.15, -0.1) is 0 Å². The highest BCUT2D eigenvalue weighted by molar-refractivity contribution is 6.06. The van der Waals surface area contributed by atoms with E-state index < -0.39 is 0 Å². The number of para-hydroxylation sites is 1. The fourth-order valence-corrected chi connectivity index (χ4v) is 7.18. The monoisotopic (exact) mass is 482 g/mol. The molecule has 0 saturated heterocycles. The van der Waals surface area contributed by atoms with Crippen molar-refractivity contribution in [1.82, 2.24) is 0 Å². The van der Waals surface area contributed by atoms with Crippen LogP contribution in [0.3, 0.4) is 0 Å². The van der Waals surface area contributed by atoms with Gasteiger partial charge in [-0.05, 0) is 79.9 Å². The Balaban J connectivity index is 1.35. The lowest BCUT2D eigenvalue weighted by molar-refractivity contribution is 0.669. The maximum atomic E-state index is 6.11. The molecule has 1 nitrogen and oxygen atoms in total. The Morgan fingerprint density at radius 3 is 1.55 bits per heavy atom. The Hall–Kier alpha value is -4.88. The van der Waals surface area contributed by atoms with Crippen molar-refractivity contribution in [3.63, 3.8) is 0 Å². The first-order chi connectivity index (χ1) is 18.8. The normalized spacial score (nSPS) is 14.0. The Labute approximate surface area is 220 Å². The Morgan fingerprint density at radius 2 is 0.868 bits per heavy atom. The van der Waals surface area contributed by atoms with Crippen molar-refractivity contribution < 1.29 is 4.42 Å². The van der Waals surface area contributed by atoms with E-state index in [1.165, 1.54) is 55.6 Å². The minimum atomic E-state index is -0.318. The summed E-state index contributed by atoms with van der Waals surface area (Å²) >= 11 is 0. The summed E-state index contributed by atoms with van der Waals surface area (Å²) in [4.78, 5) is 0. The van der Waals surface area contributed by atoms with Crippen LogP contribution in [-0.4, -0.2) is 0 Å². The van der Waals surface area contributed by atoms with Gasteiger partial charge in [0.05, 0.1) is 5.41 Å². The lowest BCUT2D eigenvalue weighted by Gasteiger charge is -2.30. The van der Waals surface area contributed by atoms with Crippen LogP contribution in [0.2, 0.25) is 0 Å². The van der Waals surface area contributed by atoms with Crippen molar-refractivity contribution in [2.45, 2.75) is 5.41 Å². The molecule has 9 rings (SSSR count). The number of fused-ring (bicyclic) bond motifs is 13. The molecule has 0 N–H and O–H groups in total. The van der Waals surface area contributed by atoms with Gasteiger partial charge in [-0.1, -0.05) is 109 Å². The van der Waals surface area contributed by atoms with Crippen LogP contribution in [0.4, 0.5) is 0 Å². The molecule has 0 atom stereocenters. The summed E-state index contributed by atoms with van der Waals surface area (Å²) in [7, 11) is 0. The Kier molecular flexibility index (Phi) is 3.78. The molecule has 38 heavy (non-hydrogen) atoms. The zero-order valence-corrected chi connectivity index (χ0v) is 20.6. The fraction of sp³-hybridized carbons (Fsp3) is 0.0270. The largest absolute Gasteiger partial charge is 0.456 e. The van der Waals surface area contributed by atoms with Gasteiger partial charge in [0, 0.05) is 10.8 Å². The molecular formula is C37H22O. The molecule has 0 radical (unpaired) electrons. The van der Waals surface area contributed by atoms with Crippen molar-refractivity contribution in [2.24, 2.45) is 0 Å². The van der Waals surface area contributed by atoms with Crippen LogP contribution in [0.5, 0.6) is 0 Å². The molecule has 6 aromatic carbocycles. The number of rotatable bonds is 1. The standard InChI is InChI=1S/C37H22O/c1-5-13-31-25(9-1)26-10-2-6-14-32(26)37(31)33-15-7-3-11-27(33)28-19-17-24(22-34(28)37)23-18-20-36-30(21-23)29-12-4-8-16-35(29)38-36/h1-22H. The summed E-state index contributed by atoms with van der Waals surface area (Å²) in [6.45, 7) is 0. The van der Waals surface area contributed by atoms with E-state index in [4.69, 9.17) is 4.42 Å². The third-order valence-electron chi connectivity index (χ3n) is 8.71. The summed E-state index contributed by atoms with van der Waals surface area (Å²) < 4.78 is 6.11. The third-order valence-corrected chi connectivity index (χ3v) is 8.71. The molecule has 7 aromatic rings.